The lowest BCUT2D eigenvalue weighted by Gasteiger charge is -2.36. The summed E-state index contributed by atoms with van der Waals surface area (Å²) in [6.07, 6.45) is 2.62. The molecule has 1 aliphatic carbocycles. The fourth-order valence-electron chi connectivity index (χ4n) is 3.37. The number of carbonyl (C=O) groups excluding carboxylic acids is 1. The maximum Gasteiger partial charge on any atom is 0.226 e. The van der Waals surface area contributed by atoms with Crippen LogP contribution in [-0.2, 0) is 4.79 Å². The van der Waals surface area contributed by atoms with E-state index in [9.17, 15) is 4.79 Å². The Morgan fingerprint density at radius 3 is 2.74 bits per heavy atom. The van der Waals surface area contributed by atoms with Gasteiger partial charge in [-0.25, -0.2) is 0 Å². The standard InChI is InChI=1S/C17H23N3O2S/c1-17(2)11-18-16(23-17)20-7-5-19(6-8-20)15(21)13-10-12(13)14-4-3-9-22-14/h3-4,9,12-13H,5-8,10-11H2,1-2H3/t12-,13-/m1/s1. The first kappa shape index (κ1) is 15.1. The highest BCUT2D eigenvalue weighted by Gasteiger charge is 2.48. The van der Waals surface area contributed by atoms with Gasteiger partial charge in [-0.3, -0.25) is 9.79 Å². The molecule has 23 heavy (non-hydrogen) atoms. The third kappa shape index (κ3) is 3.01. The first-order valence-electron chi connectivity index (χ1n) is 8.34. The number of piperazine rings is 1. The molecule has 124 valence electrons. The number of hydrogen-bond donors (Lipinski definition) is 0. The predicted molar refractivity (Wildman–Crippen MR) is 91.7 cm³/mol. The van der Waals surface area contributed by atoms with Crippen LogP contribution in [0.5, 0.6) is 0 Å². The predicted octanol–water partition coefficient (Wildman–Crippen LogP) is 2.41. The maximum absolute atomic E-state index is 12.6. The molecule has 4 rings (SSSR count). The van der Waals surface area contributed by atoms with Gasteiger partial charge in [0.15, 0.2) is 5.17 Å². The van der Waals surface area contributed by atoms with Crippen LogP contribution in [0.2, 0.25) is 0 Å². The highest BCUT2D eigenvalue weighted by molar-refractivity contribution is 8.15. The van der Waals surface area contributed by atoms with Gasteiger partial charge in [-0.05, 0) is 32.4 Å². The van der Waals surface area contributed by atoms with Gasteiger partial charge in [-0.1, -0.05) is 11.8 Å². The summed E-state index contributed by atoms with van der Waals surface area (Å²) in [4.78, 5) is 21.6. The molecule has 2 atom stereocenters. The van der Waals surface area contributed by atoms with E-state index >= 15 is 0 Å². The summed E-state index contributed by atoms with van der Waals surface area (Å²) in [5, 5.41) is 1.15. The highest BCUT2D eigenvalue weighted by atomic mass is 32.2. The average Bonchev–Trinajstić information content (AvgIpc) is 2.98. The minimum Gasteiger partial charge on any atom is -0.469 e. The van der Waals surface area contributed by atoms with Crippen LogP contribution in [0.4, 0.5) is 0 Å². The summed E-state index contributed by atoms with van der Waals surface area (Å²) >= 11 is 1.86. The van der Waals surface area contributed by atoms with E-state index in [-0.39, 0.29) is 10.7 Å². The molecule has 1 amide bonds. The summed E-state index contributed by atoms with van der Waals surface area (Å²) in [6.45, 7) is 8.75. The van der Waals surface area contributed by atoms with Gasteiger partial charge in [0.1, 0.15) is 5.76 Å². The van der Waals surface area contributed by atoms with E-state index in [0.29, 0.717) is 11.8 Å². The third-order valence-electron chi connectivity index (χ3n) is 4.84. The Morgan fingerprint density at radius 1 is 1.35 bits per heavy atom. The molecule has 0 spiro atoms. The van der Waals surface area contributed by atoms with Crippen molar-refractivity contribution in [1.82, 2.24) is 9.80 Å². The minimum absolute atomic E-state index is 0.129. The van der Waals surface area contributed by atoms with Crippen molar-refractivity contribution in [3.05, 3.63) is 24.2 Å². The van der Waals surface area contributed by atoms with Gasteiger partial charge in [-0.2, -0.15) is 0 Å². The SMILES string of the molecule is CC1(C)CN=C(N2CCN(C(=O)[C@@H]3C[C@H]3c3ccco3)CC2)S1. The number of amidine groups is 1. The Labute approximate surface area is 141 Å². The van der Waals surface area contributed by atoms with E-state index in [1.54, 1.807) is 6.26 Å². The van der Waals surface area contributed by atoms with E-state index in [0.717, 1.165) is 50.1 Å². The Kier molecular flexibility index (Phi) is 3.67. The molecule has 0 bridgehead atoms. The second kappa shape index (κ2) is 5.58. The van der Waals surface area contributed by atoms with Crippen molar-refractivity contribution in [2.24, 2.45) is 10.9 Å². The normalized spacial score (nSPS) is 29.6. The molecule has 1 aromatic rings. The molecular weight excluding hydrogens is 310 g/mol. The van der Waals surface area contributed by atoms with E-state index in [4.69, 9.17) is 4.42 Å². The van der Waals surface area contributed by atoms with E-state index in [1.807, 2.05) is 28.8 Å². The first-order valence-corrected chi connectivity index (χ1v) is 9.16. The lowest BCUT2D eigenvalue weighted by Crippen LogP contribution is -2.50. The summed E-state index contributed by atoms with van der Waals surface area (Å²) in [6, 6.07) is 3.88. The number of thioether (sulfide) groups is 1. The Bertz CT molecular complexity index is 618. The first-order chi connectivity index (χ1) is 11.0. The minimum atomic E-state index is 0.129. The molecule has 1 saturated heterocycles. The monoisotopic (exact) mass is 333 g/mol. The summed E-state index contributed by atoms with van der Waals surface area (Å²) in [5.41, 5.74) is 0. The smallest absolute Gasteiger partial charge is 0.226 e. The Balaban J connectivity index is 1.30. The maximum atomic E-state index is 12.6. The molecular formula is C17H23N3O2S. The van der Waals surface area contributed by atoms with Crippen molar-refractivity contribution < 1.29 is 9.21 Å². The second-order valence-corrected chi connectivity index (χ2v) is 8.91. The summed E-state index contributed by atoms with van der Waals surface area (Å²) in [7, 11) is 0. The molecule has 1 saturated carbocycles. The zero-order chi connectivity index (χ0) is 16.0. The van der Waals surface area contributed by atoms with E-state index in [2.05, 4.69) is 23.7 Å². The number of aliphatic imine (C=N–C) groups is 1. The van der Waals surface area contributed by atoms with Crippen LogP contribution in [0.15, 0.2) is 27.8 Å². The van der Waals surface area contributed by atoms with Crippen molar-refractivity contribution in [2.75, 3.05) is 32.7 Å². The van der Waals surface area contributed by atoms with Crippen molar-refractivity contribution in [2.45, 2.75) is 30.9 Å². The van der Waals surface area contributed by atoms with Gasteiger partial charge >= 0.3 is 0 Å². The molecule has 6 heteroatoms. The molecule has 5 nitrogen and oxygen atoms in total. The molecule has 0 radical (unpaired) electrons. The highest BCUT2D eigenvalue weighted by Crippen LogP contribution is 2.48. The van der Waals surface area contributed by atoms with Gasteiger partial charge in [0, 0.05) is 42.8 Å². The van der Waals surface area contributed by atoms with Gasteiger partial charge in [0.05, 0.1) is 12.8 Å². The van der Waals surface area contributed by atoms with Crippen LogP contribution in [0.25, 0.3) is 0 Å². The van der Waals surface area contributed by atoms with Gasteiger partial charge < -0.3 is 14.2 Å². The average molecular weight is 333 g/mol. The number of amides is 1. The summed E-state index contributed by atoms with van der Waals surface area (Å²) < 4.78 is 5.65. The lowest BCUT2D eigenvalue weighted by atomic mass is 10.2. The van der Waals surface area contributed by atoms with E-state index in [1.165, 1.54) is 0 Å². The number of hydrogen-bond acceptors (Lipinski definition) is 5. The van der Waals surface area contributed by atoms with Crippen LogP contribution >= 0.6 is 11.8 Å². The van der Waals surface area contributed by atoms with Crippen LogP contribution in [0.1, 0.15) is 31.9 Å². The molecule has 1 aromatic heterocycles. The Hall–Kier alpha value is -1.43. The largest absolute Gasteiger partial charge is 0.469 e. The molecule has 0 N–H and O–H groups in total. The lowest BCUT2D eigenvalue weighted by molar-refractivity contribution is -0.133. The van der Waals surface area contributed by atoms with Crippen LogP contribution in [-0.4, -0.2) is 58.3 Å². The second-order valence-electron chi connectivity index (χ2n) is 7.24. The molecule has 0 unspecified atom stereocenters. The van der Waals surface area contributed by atoms with Crippen molar-refractivity contribution in [1.29, 1.82) is 0 Å². The van der Waals surface area contributed by atoms with Crippen molar-refractivity contribution >= 4 is 22.8 Å². The zero-order valence-electron chi connectivity index (χ0n) is 13.7. The zero-order valence-corrected chi connectivity index (χ0v) is 14.5. The molecule has 2 fully saturated rings. The molecule has 3 aliphatic rings. The van der Waals surface area contributed by atoms with Crippen LogP contribution in [0, 0.1) is 5.92 Å². The molecule has 2 aliphatic heterocycles. The van der Waals surface area contributed by atoms with Crippen molar-refractivity contribution in [3.63, 3.8) is 0 Å². The molecule has 0 aromatic carbocycles. The molecule has 3 heterocycles. The fourth-order valence-corrected chi connectivity index (χ4v) is 4.44. The summed E-state index contributed by atoms with van der Waals surface area (Å²) in [5.74, 6) is 1.68. The van der Waals surface area contributed by atoms with Gasteiger partial charge in [0.2, 0.25) is 5.91 Å². The number of carbonyl (C=O) groups is 1. The van der Waals surface area contributed by atoms with Gasteiger partial charge in [0.25, 0.3) is 0 Å². The quantitative estimate of drug-likeness (QED) is 0.834. The number of rotatable bonds is 2. The van der Waals surface area contributed by atoms with Gasteiger partial charge in [-0.15, -0.1) is 0 Å². The van der Waals surface area contributed by atoms with Crippen LogP contribution in [0.3, 0.4) is 0 Å². The topological polar surface area (TPSA) is 49.0 Å². The van der Waals surface area contributed by atoms with Crippen molar-refractivity contribution in [3.8, 4) is 0 Å². The van der Waals surface area contributed by atoms with E-state index < -0.39 is 0 Å². The number of furan rings is 1. The van der Waals surface area contributed by atoms with Crippen LogP contribution < -0.4 is 0 Å². The Morgan fingerprint density at radius 2 is 2.13 bits per heavy atom. The number of nitrogens with zero attached hydrogens (tertiary/aromatic N) is 3. The third-order valence-corrected chi connectivity index (χ3v) is 6.09. The fraction of sp³-hybridized carbons (Fsp3) is 0.647.